The van der Waals surface area contributed by atoms with Gasteiger partial charge in [0.25, 0.3) is 0 Å². The molecule has 1 fully saturated rings. The Morgan fingerprint density at radius 1 is 0.792 bits per heavy atom. The van der Waals surface area contributed by atoms with Crippen LogP contribution >= 0.6 is 0 Å². The molecule has 0 spiro atoms. The molecule has 2 aromatic carbocycles. The van der Waals surface area contributed by atoms with Crippen molar-refractivity contribution in [2.45, 2.75) is 140 Å². The van der Waals surface area contributed by atoms with Crippen molar-refractivity contribution in [1.82, 2.24) is 36.9 Å². The van der Waals surface area contributed by atoms with Gasteiger partial charge >= 0.3 is 0 Å². The Kier molecular flexibility index (Phi) is 23.8. The number of nitrogens with two attached hydrogens (primary N) is 4. The third-order valence-corrected chi connectivity index (χ3v) is 12.7. The first-order valence-corrected chi connectivity index (χ1v) is 24.9. The molecule has 1 saturated heterocycles. The summed E-state index contributed by atoms with van der Waals surface area (Å²) in [5.74, 6) is -7.95. The molecule has 15 N–H and O–H groups in total. The summed E-state index contributed by atoms with van der Waals surface area (Å²) in [6.07, 6.45) is 3.33. The van der Waals surface area contributed by atoms with Crippen LogP contribution in [0.3, 0.4) is 0 Å². The number of aromatic amines is 1. The number of hydrogen-bond acceptors (Lipinski definition) is 11. The number of aromatic nitrogens is 1. The molecule has 0 saturated carbocycles. The number of carbonyl (C=O) groups excluding carboxylic acids is 9. The third kappa shape index (κ3) is 19.2. The number of benzene rings is 2. The monoisotopic (exact) mass is 999 g/mol. The van der Waals surface area contributed by atoms with Crippen molar-refractivity contribution in [3.05, 3.63) is 71.9 Å². The zero-order valence-corrected chi connectivity index (χ0v) is 41.5. The van der Waals surface area contributed by atoms with Crippen LogP contribution in [0.2, 0.25) is 0 Å². The molecule has 1 aromatic heterocycles. The first-order valence-electron chi connectivity index (χ1n) is 24.9. The number of fused-ring (bicyclic) bond motifs is 1. The summed E-state index contributed by atoms with van der Waals surface area (Å²) < 4.78 is 0. The number of para-hydroxylation sites is 1. The quantitative estimate of drug-likeness (QED) is 0.0399. The van der Waals surface area contributed by atoms with Gasteiger partial charge in [-0.15, -0.1) is 0 Å². The summed E-state index contributed by atoms with van der Waals surface area (Å²) in [6.45, 7) is 3.48. The average molecular weight is 999 g/mol. The Morgan fingerprint density at radius 3 is 2.21 bits per heavy atom. The van der Waals surface area contributed by atoms with E-state index >= 15 is 0 Å². The first-order chi connectivity index (χ1) is 34.5. The minimum Gasteiger partial charge on any atom is -0.370 e. The lowest BCUT2D eigenvalue weighted by molar-refractivity contribution is -0.135. The fourth-order valence-electron chi connectivity index (χ4n) is 8.69. The van der Waals surface area contributed by atoms with Crippen LogP contribution in [0.25, 0.3) is 10.9 Å². The van der Waals surface area contributed by atoms with Crippen molar-refractivity contribution in [3.63, 3.8) is 0 Å². The molecule has 4 rings (SSSR count). The van der Waals surface area contributed by atoms with Gasteiger partial charge in [-0.1, -0.05) is 68.3 Å². The molecule has 72 heavy (non-hydrogen) atoms. The zero-order valence-electron chi connectivity index (χ0n) is 41.5. The number of guanidine groups is 1. The molecule has 7 amide bonds. The maximum Gasteiger partial charge on any atom is 0.243 e. The molecule has 21 nitrogen and oxygen atoms in total. The van der Waals surface area contributed by atoms with Gasteiger partial charge in [0, 0.05) is 74.6 Å². The lowest BCUT2D eigenvalue weighted by Gasteiger charge is -2.27. The molecule has 0 unspecified atom stereocenters. The Balaban J connectivity index is 1.75. The molecule has 1 aliphatic heterocycles. The molecule has 7 atom stereocenters. The number of hydrogen-bond donors (Lipinski definition) is 11. The number of primary amides is 1. The summed E-state index contributed by atoms with van der Waals surface area (Å²) in [5.41, 5.74) is 25.0. The number of Topliss-reactive ketones (excluding diaryl/α,β-unsaturated/α-hetero) is 2. The third-order valence-electron chi connectivity index (χ3n) is 12.7. The molecular weight excluding hydrogens is 925 g/mol. The van der Waals surface area contributed by atoms with E-state index in [2.05, 4.69) is 41.9 Å². The van der Waals surface area contributed by atoms with Gasteiger partial charge in [0.15, 0.2) is 11.7 Å². The number of H-pyrrole nitrogens is 1. The number of unbranched alkanes of at least 4 members (excludes halogenated alkanes) is 2. The average Bonchev–Trinajstić information content (AvgIpc) is 3.75. The molecule has 2 heterocycles. The normalized spacial score (nSPS) is 20.5. The SMILES string of the molecule is CCCC[C@H](NC(C)=O)C(=O)N[C@H]1CCC(=O)NCC[C@@H](C(=O)N[C@@H](Cc2c[nH]c3ccccc23)C(N)=O)CC(=O)[C@H](CCCN=C(N)N)CC(=O)[C@@H](Cc2ccccc2)NC(=O)[C@H](CCCCN)NC1=O. The molecule has 0 radical (unpaired) electrons. The second-order valence-electron chi connectivity index (χ2n) is 18.4. The predicted octanol–water partition coefficient (Wildman–Crippen LogP) is 0.706. The summed E-state index contributed by atoms with van der Waals surface area (Å²) in [6, 6.07) is 10.3. The van der Waals surface area contributed by atoms with Crippen LogP contribution in [-0.4, -0.2) is 114 Å². The van der Waals surface area contributed by atoms with E-state index in [1.165, 1.54) is 6.92 Å². The van der Waals surface area contributed by atoms with Crippen LogP contribution < -0.4 is 54.8 Å². The lowest BCUT2D eigenvalue weighted by Crippen LogP contribution is -2.58. The van der Waals surface area contributed by atoms with Crippen LogP contribution in [0.1, 0.15) is 108 Å². The van der Waals surface area contributed by atoms with Crippen molar-refractivity contribution in [2.75, 3.05) is 19.6 Å². The van der Waals surface area contributed by atoms with Gasteiger partial charge in [0.2, 0.25) is 41.4 Å². The number of carbonyl (C=O) groups is 9. The Bertz CT molecular complexity index is 2350. The lowest BCUT2D eigenvalue weighted by atomic mass is 9.84. The van der Waals surface area contributed by atoms with Gasteiger partial charge in [-0.05, 0) is 81.5 Å². The van der Waals surface area contributed by atoms with Crippen LogP contribution in [0, 0.1) is 11.8 Å². The minimum absolute atomic E-state index is 0.0223. The Morgan fingerprint density at radius 2 is 1.51 bits per heavy atom. The van der Waals surface area contributed by atoms with Gasteiger partial charge < -0.3 is 59.8 Å². The van der Waals surface area contributed by atoms with Gasteiger partial charge in [0.05, 0.1) is 6.04 Å². The van der Waals surface area contributed by atoms with E-state index < -0.39 is 101 Å². The van der Waals surface area contributed by atoms with E-state index in [-0.39, 0.29) is 83.3 Å². The summed E-state index contributed by atoms with van der Waals surface area (Å²) in [5, 5.41) is 17.2. The topological polar surface area (TPSA) is 358 Å². The number of ketones is 2. The summed E-state index contributed by atoms with van der Waals surface area (Å²) in [4.78, 5) is 132. The maximum atomic E-state index is 14.6. The second kappa shape index (κ2) is 29.9. The van der Waals surface area contributed by atoms with Crippen LogP contribution in [0.4, 0.5) is 0 Å². The van der Waals surface area contributed by atoms with E-state index in [0.29, 0.717) is 43.4 Å². The van der Waals surface area contributed by atoms with E-state index in [4.69, 9.17) is 22.9 Å². The molecule has 0 aliphatic carbocycles. The van der Waals surface area contributed by atoms with Crippen molar-refractivity contribution in [3.8, 4) is 0 Å². The molecule has 3 aromatic rings. The van der Waals surface area contributed by atoms with E-state index in [1.54, 1.807) is 36.5 Å². The van der Waals surface area contributed by atoms with E-state index in [1.807, 2.05) is 31.2 Å². The predicted molar refractivity (Wildman–Crippen MR) is 272 cm³/mol. The van der Waals surface area contributed by atoms with Crippen molar-refractivity contribution in [1.29, 1.82) is 0 Å². The molecule has 21 heteroatoms. The minimum atomic E-state index is -1.37. The number of amides is 7. The summed E-state index contributed by atoms with van der Waals surface area (Å²) in [7, 11) is 0. The number of aliphatic imine (C=N–C) groups is 1. The van der Waals surface area contributed by atoms with Gasteiger partial charge in [-0.3, -0.25) is 48.1 Å². The van der Waals surface area contributed by atoms with Crippen LogP contribution in [-0.2, 0) is 56.0 Å². The largest absolute Gasteiger partial charge is 0.370 e. The second-order valence-corrected chi connectivity index (χ2v) is 18.4. The maximum absolute atomic E-state index is 14.6. The Labute approximate surface area is 420 Å². The molecule has 392 valence electrons. The van der Waals surface area contributed by atoms with Crippen molar-refractivity contribution >= 4 is 69.8 Å². The highest BCUT2D eigenvalue weighted by molar-refractivity contribution is 5.98. The zero-order chi connectivity index (χ0) is 52.6. The highest BCUT2D eigenvalue weighted by Crippen LogP contribution is 2.24. The summed E-state index contributed by atoms with van der Waals surface area (Å²) >= 11 is 0. The number of nitrogens with one attached hydrogen (secondary N) is 7. The van der Waals surface area contributed by atoms with Gasteiger partial charge in [-0.2, -0.15) is 0 Å². The van der Waals surface area contributed by atoms with Gasteiger partial charge in [-0.25, -0.2) is 0 Å². The standard InChI is InChI=1S/C51H74N12O9/c1-3-4-17-38(59-31(2)64)48(70)61-40-20-21-45(67)56-25-22-34(47(69)63-42(46(53)68)27-35-30-58-37-18-9-8-16-36(35)37)29-43(65)33(15-12-24-57-51(54)55)28-44(66)41(26-32-13-6-5-7-14-32)62-49(71)39(60-50(40)72)19-10-11-23-52/h5-9,13-14,16,18,30,33-34,38-42,58H,3-4,10-12,15,17,19-29,52H2,1-2H3,(H2,53,68)(H,56,67)(H,59,64)(H,60,72)(H,61,70)(H,62,71)(H,63,69)(H4,54,55,57)/t33-,34-,38+,39+,40+,41-,42+/m1/s1. The van der Waals surface area contributed by atoms with Crippen LogP contribution in [0.15, 0.2) is 65.8 Å². The number of rotatable bonds is 21. The highest BCUT2D eigenvalue weighted by Gasteiger charge is 2.35. The molecule has 1 aliphatic rings. The van der Waals surface area contributed by atoms with E-state index in [9.17, 15) is 43.2 Å². The van der Waals surface area contributed by atoms with Crippen molar-refractivity contribution in [2.24, 2.45) is 39.8 Å². The van der Waals surface area contributed by atoms with Crippen molar-refractivity contribution < 1.29 is 43.2 Å². The fourth-order valence-corrected chi connectivity index (χ4v) is 8.69. The van der Waals surface area contributed by atoms with Gasteiger partial charge in [0.1, 0.15) is 30.0 Å². The van der Waals surface area contributed by atoms with E-state index in [0.717, 1.165) is 10.9 Å². The number of nitrogens with zero attached hydrogens (tertiary/aromatic N) is 1. The van der Waals surface area contributed by atoms with Crippen LogP contribution in [0.5, 0.6) is 0 Å². The highest BCUT2D eigenvalue weighted by atomic mass is 16.2. The Hall–Kier alpha value is -7.16. The molecular formula is C51H74N12O9. The first kappa shape index (κ1) is 57.4. The molecule has 0 bridgehead atoms. The smallest absolute Gasteiger partial charge is 0.243 e. The fraction of sp³-hybridized carbons (Fsp3) is 0.529.